The Kier molecular flexibility index (Phi) is 11.6. The summed E-state index contributed by atoms with van der Waals surface area (Å²) in [6.07, 6.45) is 0. The first-order valence-corrected chi connectivity index (χ1v) is 25.4. The molecule has 0 fully saturated rings. The van der Waals surface area contributed by atoms with E-state index >= 15 is 0 Å². The lowest BCUT2D eigenvalue weighted by atomic mass is 9.95. The van der Waals surface area contributed by atoms with Gasteiger partial charge in [-0.1, -0.05) is 224 Å². The van der Waals surface area contributed by atoms with Crippen molar-refractivity contribution in [2.75, 3.05) is 4.90 Å². The minimum absolute atomic E-state index is 1.10. The Bertz CT molecular complexity index is 4080. The van der Waals surface area contributed by atoms with Crippen molar-refractivity contribution in [3.63, 3.8) is 0 Å². The van der Waals surface area contributed by atoms with Gasteiger partial charge < -0.3 is 9.47 Å². The number of hydrogen-bond donors (Lipinski definition) is 0. The second-order valence-corrected chi connectivity index (χ2v) is 19.0. The lowest BCUT2D eigenvalue weighted by Gasteiger charge is -2.26. The fourth-order valence-corrected chi connectivity index (χ4v) is 10.7. The van der Waals surface area contributed by atoms with Crippen LogP contribution in [0.1, 0.15) is 0 Å². The van der Waals surface area contributed by atoms with Crippen LogP contribution >= 0.6 is 0 Å². The summed E-state index contributed by atoms with van der Waals surface area (Å²) in [5.41, 5.74) is 23.4. The highest BCUT2D eigenvalue weighted by atomic mass is 15.1. The predicted octanol–water partition coefficient (Wildman–Crippen LogP) is 19.9. The molecule has 0 aliphatic rings. The van der Waals surface area contributed by atoms with Crippen LogP contribution in [0.3, 0.4) is 0 Å². The minimum Gasteiger partial charge on any atom is -0.310 e. The molecular formula is C72H50N2. The second kappa shape index (κ2) is 19.4. The Morgan fingerprint density at radius 2 is 0.514 bits per heavy atom. The third-order valence-electron chi connectivity index (χ3n) is 14.4. The molecule has 0 aliphatic carbocycles. The van der Waals surface area contributed by atoms with Gasteiger partial charge >= 0.3 is 0 Å². The molecule has 0 unspecified atom stereocenters. The summed E-state index contributed by atoms with van der Waals surface area (Å²) in [4.78, 5) is 2.35. The molecule has 348 valence electrons. The van der Waals surface area contributed by atoms with E-state index in [-0.39, 0.29) is 0 Å². The standard InChI is InChI=1S/C72H50N2/c1-5-18-51(19-6-1)54-34-36-55(37-35-54)60-26-16-30-66(46-60)73(65-28-11-4-12-29-65)67-31-17-27-61(47-67)56-38-40-57(41-39-56)62-42-43-72-70(50-62)69-32-13-14-33-71(69)74(72)68-48-63(53-22-9-3-10-23-53)45-64(49-68)59-25-15-24-58(44-59)52-20-7-2-8-21-52/h1-50H. The zero-order valence-corrected chi connectivity index (χ0v) is 40.8. The van der Waals surface area contributed by atoms with Crippen molar-refractivity contribution >= 4 is 38.9 Å². The quantitative estimate of drug-likeness (QED) is 0.125. The van der Waals surface area contributed by atoms with Gasteiger partial charge in [0.25, 0.3) is 0 Å². The molecule has 0 saturated carbocycles. The molecule has 0 N–H and O–H groups in total. The maximum absolute atomic E-state index is 2.44. The van der Waals surface area contributed by atoms with Crippen LogP contribution in [0.25, 0.3) is 105 Å². The summed E-state index contributed by atoms with van der Waals surface area (Å²) in [6, 6.07) is 110. The molecule has 0 saturated heterocycles. The van der Waals surface area contributed by atoms with Crippen LogP contribution in [0.2, 0.25) is 0 Å². The topological polar surface area (TPSA) is 8.17 Å². The van der Waals surface area contributed by atoms with E-state index in [9.17, 15) is 0 Å². The van der Waals surface area contributed by atoms with Crippen LogP contribution in [0.4, 0.5) is 17.1 Å². The van der Waals surface area contributed by atoms with Crippen LogP contribution < -0.4 is 4.90 Å². The summed E-state index contributed by atoms with van der Waals surface area (Å²) < 4.78 is 2.44. The highest BCUT2D eigenvalue weighted by Crippen LogP contribution is 2.41. The normalized spacial score (nSPS) is 11.2. The Hall–Kier alpha value is -9.76. The lowest BCUT2D eigenvalue weighted by Crippen LogP contribution is -2.10. The van der Waals surface area contributed by atoms with Crippen molar-refractivity contribution in [3.8, 4) is 83.6 Å². The van der Waals surface area contributed by atoms with E-state index in [1.165, 1.54) is 88.6 Å². The highest BCUT2D eigenvalue weighted by Gasteiger charge is 2.18. The van der Waals surface area contributed by atoms with Gasteiger partial charge in [-0.3, -0.25) is 0 Å². The zero-order chi connectivity index (χ0) is 49.2. The Balaban J connectivity index is 0.836. The molecule has 13 aromatic rings. The van der Waals surface area contributed by atoms with Gasteiger partial charge in [0.1, 0.15) is 0 Å². The minimum atomic E-state index is 1.10. The number of benzene rings is 12. The predicted molar refractivity (Wildman–Crippen MR) is 314 cm³/mol. The molecule has 0 radical (unpaired) electrons. The van der Waals surface area contributed by atoms with Gasteiger partial charge in [-0.05, 0) is 157 Å². The average Bonchev–Trinajstić information content (AvgIpc) is 3.84. The number of rotatable bonds is 11. The summed E-state index contributed by atoms with van der Waals surface area (Å²) in [6.45, 7) is 0. The van der Waals surface area contributed by atoms with Crippen LogP contribution in [-0.4, -0.2) is 4.57 Å². The van der Waals surface area contributed by atoms with Crippen molar-refractivity contribution in [2.24, 2.45) is 0 Å². The number of anilines is 3. The molecule has 2 heteroatoms. The Labute approximate surface area is 433 Å². The molecule has 12 aromatic carbocycles. The molecule has 74 heavy (non-hydrogen) atoms. The van der Waals surface area contributed by atoms with Gasteiger partial charge in [0, 0.05) is 33.5 Å². The van der Waals surface area contributed by atoms with E-state index < -0.39 is 0 Å². The van der Waals surface area contributed by atoms with Crippen LogP contribution in [0.15, 0.2) is 303 Å². The molecule has 0 spiro atoms. The molecule has 1 heterocycles. The maximum Gasteiger partial charge on any atom is 0.0541 e. The second-order valence-electron chi connectivity index (χ2n) is 19.0. The van der Waals surface area contributed by atoms with Gasteiger partial charge in [-0.15, -0.1) is 0 Å². The van der Waals surface area contributed by atoms with Crippen LogP contribution in [-0.2, 0) is 0 Å². The van der Waals surface area contributed by atoms with E-state index in [0.29, 0.717) is 0 Å². The summed E-state index contributed by atoms with van der Waals surface area (Å²) in [7, 11) is 0. The largest absolute Gasteiger partial charge is 0.310 e. The van der Waals surface area contributed by atoms with E-state index in [1.54, 1.807) is 0 Å². The van der Waals surface area contributed by atoms with E-state index in [0.717, 1.165) is 33.9 Å². The number of hydrogen-bond acceptors (Lipinski definition) is 1. The van der Waals surface area contributed by atoms with E-state index in [4.69, 9.17) is 0 Å². The molecule has 0 amide bonds. The Morgan fingerprint density at radius 3 is 1.07 bits per heavy atom. The van der Waals surface area contributed by atoms with Crippen molar-refractivity contribution in [3.05, 3.63) is 303 Å². The molecule has 0 bridgehead atoms. The first-order valence-electron chi connectivity index (χ1n) is 25.4. The number of aromatic nitrogens is 1. The van der Waals surface area contributed by atoms with Gasteiger partial charge in [0.05, 0.1) is 11.0 Å². The van der Waals surface area contributed by atoms with Crippen LogP contribution in [0, 0.1) is 0 Å². The zero-order valence-electron chi connectivity index (χ0n) is 40.8. The molecular weight excluding hydrogens is 893 g/mol. The van der Waals surface area contributed by atoms with Crippen LogP contribution in [0.5, 0.6) is 0 Å². The fourth-order valence-electron chi connectivity index (χ4n) is 10.7. The third kappa shape index (κ3) is 8.65. The SMILES string of the molecule is c1ccc(-c2ccc(-c3cccc(N(c4ccccc4)c4cccc(-c5ccc(-c6ccc7c(c6)c6ccccc6n7-c6cc(-c7ccccc7)cc(-c7cccc(-c8ccccc8)c7)c6)cc5)c4)c3)cc2)cc1. The summed E-state index contributed by atoms with van der Waals surface area (Å²) >= 11 is 0. The van der Waals surface area contributed by atoms with E-state index in [1.807, 2.05) is 0 Å². The van der Waals surface area contributed by atoms with Gasteiger partial charge in [0.2, 0.25) is 0 Å². The van der Waals surface area contributed by atoms with Gasteiger partial charge in [-0.2, -0.15) is 0 Å². The van der Waals surface area contributed by atoms with Crippen molar-refractivity contribution in [1.29, 1.82) is 0 Å². The lowest BCUT2D eigenvalue weighted by molar-refractivity contribution is 1.18. The molecule has 2 nitrogen and oxygen atoms in total. The molecule has 1 aromatic heterocycles. The van der Waals surface area contributed by atoms with Gasteiger partial charge in [0.15, 0.2) is 0 Å². The molecule has 13 rings (SSSR count). The van der Waals surface area contributed by atoms with Crippen molar-refractivity contribution < 1.29 is 0 Å². The first kappa shape index (κ1) is 44.2. The van der Waals surface area contributed by atoms with E-state index in [2.05, 4.69) is 313 Å². The molecule has 0 atom stereocenters. The van der Waals surface area contributed by atoms with Crippen molar-refractivity contribution in [1.82, 2.24) is 4.57 Å². The molecule has 0 aliphatic heterocycles. The Morgan fingerprint density at radius 1 is 0.189 bits per heavy atom. The number of nitrogens with zero attached hydrogens (tertiary/aromatic N) is 2. The number of para-hydroxylation sites is 2. The smallest absolute Gasteiger partial charge is 0.0541 e. The van der Waals surface area contributed by atoms with Gasteiger partial charge in [-0.25, -0.2) is 0 Å². The third-order valence-corrected chi connectivity index (χ3v) is 14.4. The number of fused-ring (bicyclic) bond motifs is 3. The summed E-state index contributed by atoms with van der Waals surface area (Å²) in [5.74, 6) is 0. The average molecular weight is 943 g/mol. The summed E-state index contributed by atoms with van der Waals surface area (Å²) in [5, 5.41) is 2.45. The maximum atomic E-state index is 2.44. The fraction of sp³-hybridized carbons (Fsp3) is 0. The monoisotopic (exact) mass is 942 g/mol. The van der Waals surface area contributed by atoms with Crippen molar-refractivity contribution in [2.45, 2.75) is 0 Å². The first-order chi connectivity index (χ1) is 36.7. The highest BCUT2D eigenvalue weighted by molar-refractivity contribution is 6.10.